The van der Waals surface area contributed by atoms with Gasteiger partial charge in [-0.15, -0.1) is 12.4 Å². The van der Waals surface area contributed by atoms with Gasteiger partial charge in [-0.05, 0) is 19.1 Å². The van der Waals surface area contributed by atoms with Crippen molar-refractivity contribution in [1.29, 1.82) is 0 Å². The number of hydrogen-bond donors (Lipinski definition) is 1. The maximum Gasteiger partial charge on any atom is 0.417 e. The summed E-state index contributed by atoms with van der Waals surface area (Å²) in [6.07, 6.45) is -3.45. The van der Waals surface area contributed by atoms with Gasteiger partial charge in [-0.1, -0.05) is 0 Å². The number of alkyl halides is 3. The summed E-state index contributed by atoms with van der Waals surface area (Å²) in [7, 11) is 0. The van der Waals surface area contributed by atoms with Crippen LogP contribution in [-0.2, 0) is 6.18 Å². The van der Waals surface area contributed by atoms with Crippen LogP contribution in [-0.4, -0.2) is 4.98 Å². The van der Waals surface area contributed by atoms with Gasteiger partial charge < -0.3 is 6.15 Å². The molecule has 1 aromatic rings. The minimum atomic E-state index is -4.28. The molecule has 0 aromatic carbocycles. The van der Waals surface area contributed by atoms with Gasteiger partial charge in [0, 0.05) is 11.9 Å². The Morgan fingerprint density at radius 1 is 1.23 bits per heavy atom. The fraction of sp³-hybridized carbons (Fsp3) is 0.286. The molecule has 0 fully saturated rings. The maximum absolute atomic E-state index is 11.9. The van der Waals surface area contributed by atoms with Gasteiger partial charge >= 0.3 is 6.18 Å². The van der Waals surface area contributed by atoms with E-state index in [1.54, 1.807) is 6.92 Å². The number of nitrogens with zero attached hydrogens (tertiary/aromatic N) is 1. The zero-order chi connectivity index (χ0) is 8.48. The summed E-state index contributed by atoms with van der Waals surface area (Å²) < 4.78 is 35.6. The van der Waals surface area contributed by atoms with Crippen molar-refractivity contribution >= 4 is 12.4 Å². The third kappa shape index (κ3) is 4.10. The van der Waals surface area contributed by atoms with E-state index in [-0.39, 0.29) is 18.6 Å². The first-order chi connectivity index (χ1) is 5.00. The summed E-state index contributed by atoms with van der Waals surface area (Å²) in [6, 6.07) is 2.35. The number of hydrogen-bond acceptors (Lipinski definition) is 2. The predicted octanol–water partition coefficient (Wildman–Crippen LogP) is 2.99. The highest BCUT2D eigenvalue weighted by Gasteiger charge is 2.30. The molecule has 1 heterocycles. The Balaban J connectivity index is 0. The summed E-state index contributed by atoms with van der Waals surface area (Å²) in [6.45, 7) is 1.64. The van der Waals surface area contributed by atoms with Crippen LogP contribution in [0.5, 0.6) is 0 Å². The molecule has 0 bridgehead atoms. The van der Waals surface area contributed by atoms with Gasteiger partial charge in [0.25, 0.3) is 0 Å². The fourth-order valence-electron chi connectivity index (χ4n) is 0.635. The molecule has 0 saturated heterocycles. The quantitative estimate of drug-likeness (QED) is 0.722. The minimum Gasteiger partial charge on any atom is -0.344 e. The lowest BCUT2D eigenvalue weighted by Crippen LogP contribution is -2.05. The highest BCUT2D eigenvalue weighted by molar-refractivity contribution is 5.85. The standard InChI is InChI=1S/C7H6F3N.ClH.H3N/c1-5-2-3-6(4-11-5)7(8,9)10;;/h2-4H,1H3;1H;1H3. The molecular weight excluding hydrogens is 205 g/mol. The summed E-state index contributed by atoms with van der Waals surface area (Å²) in [4.78, 5) is 3.53. The van der Waals surface area contributed by atoms with Crippen molar-refractivity contribution in [1.82, 2.24) is 11.1 Å². The van der Waals surface area contributed by atoms with Crippen LogP contribution in [0, 0.1) is 6.92 Å². The van der Waals surface area contributed by atoms with Crippen molar-refractivity contribution in [3.8, 4) is 0 Å². The Labute approximate surface area is 80.2 Å². The number of rotatable bonds is 0. The zero-order valence-electron chi connectivity index (χ0n) is 6.93. The van der Waals surface area contributed by atoms with E-state index in [1.165, 1.54) is 6.07 Å². The molecule has 0 aliphatic rings. The topological polar surface area (TPSA) is 47.9 Å². The minimum absolute atomic E-state index is 0. The predicted molar refractivity (Wildman–Crippen MR) is 46.2 cm³/mol. The molecule has 0 atom stereocenters. The van der Waals surface area contributed by atoms with Crippen LogP contribution in [0.25, 0.3) is 0 Å². The molecule has 0 radical (unpaired) electrons. The molecule has 13 heavy (non-hydrogen) atoms. The molecule has 1 aromatic heterocycles. The first-order valence-corrected chi connectivity index (χ1v) is 3.00. The lowest BCUT2D eigenvalue weighted by molar-refractivity contribution is -0.137. The van der Waals surface area contributed by atoms with Crippen molar-refractivity contribution in [2.24, 2.45) is 0 Å². The Kier molecular flexibility index (Phi) is 5.69. The van der Waals surface area contributed by atoms with E-state index in [9.17, 15) is 13.2 Å². The van der Waals surface area contributed by atoms with Gasteiger partial charge in [-0.2, -0.15) is 13.2 Å². The SMILES string of the molecule is Cc1ccc(C(F)(F)F)cn1.Cl.N. The second kappa shape index (κ2) is 5.04. The lowest BCUT2D eigenvalue weighted by Gasteiger charge is -2.04. The van der Waals surface area contributed by atoms with Crippen molar-refractivity contribution in [3.05, 3.63) is 29.6 Å². The molecular formula is C7H10ClF3N2. The molecule has 0 aliphatic heterocycles. The van der Waals surface area contributed by atoms with Gasteiger partial charge in [-0.3, -0.25) is 4.98 Å². The molecule has 0 amide bonds. The zero-order valence-corrected chi connectivity index (χ0v) is 7.75. The van der Waals surface area contributed by atoms with E-state index in [4.69, 9.17) is 0 Å². The Morgan fingerprint density at radius 3 is 2.08 bits per heavy atom. The fourth-order valence-corrected chi connectivity index (χ4v) is 0.635. The molecule has 0 aliphatic carbocycles. The average Bonchev–Trinajstić information content (AvgIpc) is 1.86. The van der Waals surface area contributed by atoms with E-state index in [0.717, 1.165) is 12.3 Å². The van der Waals surface area contributed by atoms with Crippen molar-refractivity contribution < 1.29 is 13.2 Å². The highest BCUT2D eigenvalue weighted by Crippen LogP contribution is 2.28. The average molecular weight is 215 g/mol. The Hall–Kier alpha value is -0.810. The van der Waals surface area contributed by atoms with Crippen LogP contribution < -0.4 is 6.15 Å². The first-order valence-electron chi connectivity index (χ1n) is 3.00. The summed E-state index contributed by atoms with van der Waals surface area (Å²) in [5, 5.41) is 0. The van der Waals surface area contributed by atoms with E-state index in [0.29, 0.717) is 5.69 Å². The van der Waals surface area contributed by atoms with Gasteiger partial charge in [-0.25, -0.2) is 0 Å². The van der Waals surface area contributed by atoms with E-state index in [2.05, 4.69) is 4.98 Å². The molecule has 0 saturated carbocycles. The van der Waals surface area contributed by atoms with E-state index >= 15 is 0 Å². The van der Waals surface area contributed by atoms with Crippen LogP contribution in [0.1, 0.15) is 11.3 Å². The van der Waals surface area contributed by atoms with Gasteiger partial charge in [0.2, 0.25) is 0 Å². The van der Waals surface area contributed by atoms with Crippen molar-refractivity contribution in [3.63, 3.8) is 0 Å². The third-order valence-electron chi connectivity index (χ3n) is 1.24. The third-order valence-corrected chi connectivity index (χ3v) is 1.24. The van der Waals surface area contributed by atoms with Crippen molar-refractivity contribution in [2.75, 3.05) is 0 Å². The van der Waals surface area contributed by atoms with E-state index in [1.807, 2.05) is 0 Å². The van der Waals surface area contributed by atoms with Gasteiger partial charge in [0.15, 0.2) is 0 Å². The van der Waals surface area contributed by atoms with Crippen LogP contribution in [0.3, 0.4) is 0 Å². The van der Waals surface area contributed by atoms with E-state index < -0.39 is 11.7 Å². The number of aromatic nitrogens is 1. The second-order valence-electron chi connectivity index (χ2n) is 2.19. The highest BCUT2D eigenvalue weighted by atomic mass is 35.5. The molecule has 0 unspecified atom stereocenters. The molecule has 0 spiro atoms. The first kappa shape index (κ1) is 14.7. The van der Waals surface area contributed by atoms with Crippen LogP contribution in [0.15, 0.2) is 18.3 Å². The normalized spacial score (nSPS) is 9.85. The lowest BCUT2D eigenvalue weighted by atomic mass is 10.2. The molecule has 1 rings (SSSR count). The summed E-state index contributed by atoms with van der Waals surface area (Å²) in [5.74, 6) is 0. The molecule has 76 valence electrons. The van der Waals surface area contributed by atoms with Crippen molar-refractivity contribution in [2.45, 2.75) is 13.1 Å². The van der Waals surface area contributed by atoms with Crippen LogP contribution in [0.2, 0.25) is 0 Å². The smallest absolute Gasteiger partial charge is 0.344 e. The van der Waals surface area contributed by atoms with Gasteiger partial charge in [0.1, 0.15) is 0 Å². The monoisotopic (exact) mass is 214 g/mol. The Morgan fingerprint density at radius 2 is 1.77 bits per heavy atom. The van der Waals surface area contributed by atoms with Crippen LogP contribution >= 0.6 is 12.4 Å². The van der Waals surface area contributed by atoms with Gasteiger partial charge in [0.05, 0.1) is 5.56 Å². The molecule has 3 N–H and O–H groups in total. The number of halogens is 4. The van der Waals surface area contributed by atoms with Crippen LogP contribution in [0.4, 0.5) is 13.2 Å². The summed E-state index contributed by atoms with van der Waals surface area (Å²) >= 11 is 0. The second-order valence-corrected chi connectivity index (χ2v) is 2.19. The molecule has 2 nitrogen and oxygen atoms in total. The number of pyridine rings is 1. The maximum atomic E-state index is 11.9. The largest absolute Gasteiger partial charge is 0.417 e. The Bertz CT molecular complexity index is 245. The summed E-state index contributed by atoms with van der Waals surface area (Å²) in [5.41, 5.74) is -0.124. The molecule has 6 heteroatoms. The number of aryl methyl sites for hydroxylation is 1.